The van der Waals surface area contributed by atoms with E-state index >= 15 is 0 Å². The van der Waals surface area contributed by atoms with Crippen LogP contribution in [0.3, 0.4) is 0 Å². The molecule has 1 amide bonds. The molecule has 0 spiro atoms. The molecule has 0 saturated heterocycles. The minimum absolute atomic E-state index is 0.255. The van der Waals surface area contributed by atoms with Crippen LogP contribution in [0.4, 0.5) is 5.69 Å². The van der Waals surface area contributed by atoms with Gasteiger partial charge in [-0.05, 0) is 55.8 Å². The molecule has 0 saturated carbocycles. The van der Waals surface area contributed by atoms with Crippen molar-refractivity contribution >= 4 is 33.2 Å². The Morgan fingerprint density at radius 2 is 1.85 bits per heavy atom. The number of amides is 1. The predicted octanol–water partition coefficient (Wildman–Crippen LogP) is 3.24. The van der Waals surface area contributed by atoms with Crippen molar-refractivity contribution in [2.24, 2.45) is 0 Å². The zero-order valence-corrected chi connectivity index (χ0v) is 17.1. The Morgan fingerprint density at radius 1 is 1.19 bits per heavy atom. The number of carbonyl (C=O) groups excluding carboxylic acids is 1. The molecule has 0 aliphatic heterocycles. The maximum absolute atomic E-state index is 12.2. The summed E-state index contributed by atoms with van der Waals surface area (Å²) in [5.41, 5.74) is 1.94. The lowest BCUT2D eigenvalue weighted by atomic mass is 10.2. The van der Waals surface area contributed by atoms with Gasteiger partial charge in [0, 0.05) is 17.1 Å². The van der Waals surface area contributed by atoms with Crippen molar-refractivity contribution in [3.63, 3.8) is 0 Å². The summed E-state index contributed by atoms with van der Waals surface area (Å²) in [6.07, 6.45) is 1.15. The molecular formula is C19H23ClN2O4S. The summed E-state index contributed by atoms with van der Waals surface area (Å²) in [6, 6.07) is 11.8. The maximum Gasteiger partial charge on any atom is 0.251 e. The van der Waals surface area contributed by atoms with Crippen LogP contribution < -0.4 is 14.4 Å². The number of hydrogen-bond acceptors (Lipinski definition) is 4. The van der Waals surface area contributed by atoms with Crippen LogP contribution in [-0.4, -0.2) is 40.3 Å². The summed E-state index contributed by atoms with van der Waals surface area (Å²) in [4.78, 5) is 12.2. The van der Waals surface area contributed by atoms with Crippen molar-refractivity contribution in [1.29, 1.82) is 0 Å². The fourth-order valence-electron chi connectivity index (χ4n) is 2.49. The highest BCUT2D eigenvalue weighted by Gasteiger charge is 2.15. The van der Waals surface area contributed by atoms with Crippen molar-refractivity contribution in [2.45, 2.75) is 13.8 Å². The van der Waals surface area contributed by atoms with E-state index in [9.17, 15) is 13.2 Å². The van der Waals surface area contributed by atoms with E-state index in [4.69, 9.17) is 16.3 Å². The van der Waals surface area contributed by atoms with Crippen LogP contribution >= 0.6 is 11.6 Å². The SMILES string of the molecule is CCN(c1ccc(C(=O)NCCOc2ccc(C)c(Cl)c2)cc1)S(C)(=O)=O. The second kappa shape index (κ2) is 9.10. The Labute approximate surface area is 165 Å². The molecule has 2 rings (SSSR count). The first-order valence-corrected chi connectivity index (χ1v) is 10.7. The smallest absolute Gasteiger partial charge is 0.251 e. The van der Waals surface area contributed by atoms with E-state index in [1.165, 1.54) is 4.31 Å². The second-order valence-corrected chi connectivity index (χ2v) is 8.30. The lowest BCUT2D eigenvalue weighted by Crippen LogP contribution is -2.30. The van der Waals surface area contributed by atoms with Gasteiger partial charge in [-0.1, -0.05) is 17.7 Å². The van der Waals surface area contributed by atoms with Crippen LogP contribution in [0.5, 0.6) is 5.75 Å². The summed E-state index contributed by atoms with van der Waals surface area (Å²) in [5.74, 6) is 0.388. The first kappa shape index (κ1) is 21.1. The molecule has 8 heteroatoms. The lowest BCUT2D eigenvalue weighted by Gasteiger charge is -2.20. The molecule has 0 radical (unpaired) electrons. The highest BCUT2D eigenvalue weighted by atomic mass is 35.5. The summed E-state index contributed by atoms with van der Waals surface area (Å²) in [5, 5.41) is 3.39. The van der Waals surface area contributed by atoms with Gasteiger partial charge >= 0.3 is 0 Å². The van der Waals surface area contributed by atoms with Gasteiger partial charge in [-0.2, -0.15) is 0 Å². The van der Waals surface area contributed by atoms with Crippen molar-refractivity contribution < 1.29 is 17.9 Å². The third-order valence-electron chi connectivity index (χ3n) is 3.90. The molecule has 0 heterocycles. The Bertz CT molecular complexity index is 898. The number of carbonyl (C=O) groups is 1. The first-order valence-electron chi connectivity index (χ1n) is 8.47. The molecule has 2 aromatic rings. The number of nitrogens with zero attached hydrogens (tertiary/aromatic N) is 1. The van der Waals surface area contributed by atoms with E-state index in [2.05, 4.69) is 5.32 Å². The first-order chi connectivity index (χ1) is 12.7. The number of sulfonamides is 1. The Hall–Kier alpha value is -2.25. The summed E-state index contributed by atoms with van der Waals surface area (Å²) < 4.78 is 30.3. The zero-order chi connectivity index (χ0) is 20.0. The molecule has 0 bridgehead atoms. The van der Waals surface area contributed by atoms with Crippen LogP contribution in [0.2, 0.25) is 5.02 Å². The van der Waals surface area contributed by atoms with E-state index in [1.807, 2.05) is 19.1 Å². The number of benzene rings is 2. The van der Waals surface area contributed by atoms with Crippen molar-refractivity contribution in [3.8, 4) is 5.75 Å². The number of anilines is 1. The number of nitrogens with one attached hydrogen (secondary N) is 1. The van der Waals surface area contributed by atoms with Crippen LogP contribution in [0.1, 0.15) is 22.8 Å². The Kier molecular flexibility index (Phi) is 7.10. The van der Waals surface area contributed by atoms with E-state index in [0.29, 0.717) is 41.7 Å². The molecule has 0 aromatic heterocycles. The van der Waals surface area contributed by atoms with Crippen LogP contribution in [0, 0.1) is 6.92 Å². The topological polar surface area (TPSA) is 75.7 Å². The number of rotatable bonds is 8. The highest BCUT2D eigenvalue weighted by Crippen LogP contribution is 2.21. The monoisotopic (exact) mass is 410 g/mol. The summed E-state index contributed by atoms with van der Waals surface area (Å²) >= 11 is 6.04. The molecule has 1 N–H and O–H groups in total. The molecule has 0 aliphatic carbocycles. The third-order valence-corrected chi connectivity index (χ3v) is 5.58. The maximum atomic E-state index is 12.2. The van der Waals surface area contributed by atoms with Gasteiger partial charge in [0.2, 0.25) is 10.0 Å². The molecule has 6 nitrogen and oxygen atoms in total. The Balaban J connectivity index is 1.88. The summed E-state index contributed by atoms with van der Waals surface area (Å²) in [7, 11) is -3.34. The van der Waals surface area contributed by atoms with Gasteiger partial charge in [0.15, 0.2) is 0 Å². The second-order valence-electron chi connectivity index (χ2n) is 5.99. The zero-order valence-electron chi connectivity index (χ0n) is 15.5. The minimum atomic E-state index is -3.34. The van der Waals surface area contributed by atoms with E-state index in [-0.39, 0.29) is 5.91 Å². The van der Waals surface area contributed by atoms with Gasteiger partial charge in [-0.3, -0.25) is 9.10 Å². The van der Waals surface area contributed by atoms with Crippen LogP contribution in [0.15, 0.2) is 42.5 Å². The van der Waals surface area contributed by atoms with Crippen molar-refractivity contribution in [3.05, 3.63) is 58.6 Å². The third kappa shape index (κ3) is 5.87. The fourth-order valence-corrected chi connectivity index (χ4v) is 3.63. The average molecular weight is 411 g/mol. The van der Waals surface area contributed by atoms with Crippen molar-refractivity contribution in [2.75, 3.05) is 30.3 Å². The van der Waals surface area contributed by atoms with Gasteiger partial charge in [-0.15, -0.1) is 0 Å². The molecule has 0 fully saturated rings. The quantitative estimate of drug-likeness (QED) is 0.678. The average Bonchev–Trinajstić information content (AvgIpc) is 2.61. The van der Waals surface area contributed by atoms with E-state index in [1.54, 1.807) is 37.3 Å². The van der Waals surface area contributed by atoms with Gasteiger partial charge in [0.1, 0.15) is 12.4 Å². The lowest BCUT2D eigenvalue weighted by molar-refractivity contribution is 0.0947. The van der Waals surface area contributed by atoms with Crippen LogP contribution in [0.25, 0.3) is 0 Å². The van der Waals surface area contributed by atoms with Gasteiger partial charge in [-0.25, -0.2) is 8.42 Å². The molecule has 2 aromatic carbocycles. The van der Waals surface area contributed by atoms with E-state index < -0.39 is 10.0 Å². The number of halogens is 1. The predicted molar refractivity (Wildman–Crippen MR) is 108 cm³/mol. The van der Waals surface area contributed by atoms with Gasteiger partial charge in [0.25, 0.3) is 5.91 Å². The molecule has 0 atom stereocenters. The van der Waals surface area contributed by atoms with Crippen LogP contribution in [-0.2, 0) is 10.0 Å². The van der Waals surface area contributed by atoms with Gasteiger partial charge in [0.05, 0.1) is 18.5 Å². The highest BCUT2D eigenvalue weighted by molar-refractivity contribution is 7.92. The molecule has 146 valence electrons. The normalized spacial score (nSPS) is 11.1. The summed E-state index contributed by atoms with van der Waals surface area (Å²) in [6.45, 7) is 4.62. The fraction of sp³-hybridized carbons (Fsp3) is 0.316. The molecule has 0 aliphatic rings. The number of ether oxygens (including phenoxy) is 1. The molecular weight excluding hydrogens is 388 g/mol. The number of aryl methyl sites for hydroxylation is 1. The van der Waals surface area contributed by atoms with Gasteiger partial charge < -0.3 is 10.1 Å². The largest absolute Gasteiger partial charge is 0.492 e. The minimum Gasteiger partial charge on any atom is -0.492 e. The van der Waals surface area contributed by atoms with E-state index in [0.717, 1.165) is 11.8 Å². The molecule has 0 unspecified atom stereocenters. The number of hydrogen-bond donors (Lipinski definition) is 1. The molecule has 27 heavy (non-hydrogen) atoms. The Morgan fingerprint density at radius 3 is 2.41 bits per heavy atom. The van der Waals surface area contributed by atoms with Crippen molar-refractivity contribution in [1.82, 2.24) is 5.32 Å². The standard InChI is InChI=1S/C19H23ClN2O4S/c1-4-22(27(3,24)25)16-8-6-15(7-9-16)19(23)21-11-12-26-17-10-5-14(2)18(20)13-17/h5-10,13H,4,11-12H2,1-3H3,(H,21,23).